The number of benzene rings is 1. The molecule has 2 aliphatic heterocycles. The predicted molar refractivity (Wildman–Crippen MR) is 123 cm³/mol. The van der Waals surface area contributed by atoms with Gasteiger partial charge in [-0.15, -0.1) is 11.3 Å². The Morgan fingerprint density at radius 2 is 2.10 bits per heavy atom. The maximum absolute atomic E-state index is 13.5. The van der Waals surface area contributed by atoms with E-state index < -0.39 is 11.5 Å². The smallest absolute Gasteiger partial charge is 0.239 e. The fourth-order valence-electron chi connectivity index (χ4n) is 4.34. The minimum atomic E-state index is -0.835. The molecule has 1 amide bonds. The first-order valence-corrected chi connectivity index (χ1v) is 10.9. The van der Waals surface area contributed by atoms with Gasteiger partial charge in [0.1, 0.15) is 19.1 Å². The lowest BCUT2D eigenvalue weighted by Crippen LogP contribution is -2.52. The van der Waals surface area contributed by atoms with Crippen molar-refractivity contribution >= 4 is 36.5 Å². The van der Waals surface area contributed by atoms with Crippen molar-refractivity contribution in [1.29, 1.82) is 0 Å². The Morgan fingerprint density at radius 3 is 2.90 bits per heavy atom. The van der Waals surface area contributed by atoms with Crippen LogP contribution in [0.15, 0.2) is 53.1 Å². The number of nitrogens with two attached hydrogens (primary N) is 1. The fourth-order valence-corrected chi connectivity index (χ4v) is 5.40. The summed E-state index contributed by atoms with van der Waals surface area (Å²) < 4.78 is 5.65. The number of rotatable bonds is 3. The van der Waals surface area contributed by atoms with Crippen LogP contribution in [0.1, 0.15) is 28.8 Å². The third kappa shape index (κ3) is 3.22. The summed E-state index contributed by atoms with van der Waals surface area (Å²) in [7, 11) is 7.58. The first-order chi connectivity index (χ1) is 14.9. The van der Waals surface area contributed by atoms with Crippen LogP contribution in [-0.4, -0.2) is 43.3 Å². The van der Waals surface area contributed by atoms with Crippen LogP contribution in [0.5, 0.6) is 5.75 Å². The number of nitrogens with zero attached hydrogens (tertiary/aromatic N) is 3. The molecule has 4 heterocycles. The predicted octanol–water partition coefficient (Wildman–Crippen LogP) is 2.32. The number of aromatic nitrogens is 1. The van der Waals surface area contributed by atoms with Gasteiger partial charge in [-0.1, -0.05) is 23.7 Å². The molecule has 2 aromatic heterocycles. The average molecular weight is 428 g/mol. The summed E-state index contributed by atoms with van der Waals surface area (Å²) in [5, 5.41) is 2.04. The first-order valence-electron chi connectivity index (χ1n) is 10.1. The molecule has 3 aromatic rings. The van der Waals surface area contributed by atoms with Crippen molar-refractivity contribution in [3.8, 4) is 16.9 Å². The van der Waals surface area contributed by atoms with Gasteiger partial charge in [-0.2, -0.15) is 0 Å². The fraction of sp³-hybridized carbons (Fsp3) is 0.261. The van der Waals surface area contributed by atoms with Crippen molar-refractivity contribution < 1.29 is 9.53 Å². The molecule has 0 spiro atoms. The summed E-state index contributed by atoms with van der Waals surface area (Å²) in [6.45, 7) is 2.65. The second-order valence-corrected chi connectivity index (χ2v) is 9.03. The maximum Gasteiger partial charge on any atom is 0.239 e. The average Bonchev–Trinajstić information content (AvgIpc) is 3.42. The zero-order valence-corrected chi connectivity index (χ0v) is 18.1. The molecular formula is C23H21BN4O2S. The zero-order valence-electron chi connectivity index (χ0n) is 17.3. The van der Waals surface area contributed by atoms with E-state index in [1.807, 2.05) is 30.5 Å². The highest BCUT2D eigenvalue weighted by Crippen LogP contribution is 2.47. The van der Waals surface area contributed by atoms with Crippen LogP contribution < -0.4 is 15.9 Å². The number of pyridine rings is 1. The van der Waals surface area contributed by atoms with Crippen LogP contribution in [0, 0.1) is 0 Å². The summed E-state index contributed by atoms with van der Waals surface area (Å²) in [4.78, 5) is 24.9. The number of guanidine groups is 1. The highest BCUT2D eigenvalue weighted by Gasteiger charge is 2.48. The second kappa shape index (κ2) is 7.23. The molecule has 0 fully saturated rings. The number of fused-ring (bicyclic) bond motifs is 1. The van der Waals surface area contributed by atoms with Crippen molar-refractivity contribution in [2.24, 2.45) is 10.7 Å². The van der Waals surface area contributed by atoms with Gasteiger partial charge in [0.15, 0.2) is 5.96 Å². The van der Waals surface area contributed by atoms with Crippen molar-refractivity contribution in [2.45, 2.75) is 24.8 Å². The van der Waals surface area contributed by atoms with E-state index in [4.69, 9.17) is 23.3 Å². The summed E-state index contributed by atoms with van der Waals surface area (Å²) in [6.07, 6.45) is 4.24. The normalized spacial score (nSPS) is 22.8. The first kappa shape index (κ1) is 19.8. The molecule has 31 heavy (non-hydrogen) atoms. The monoisotopic (exact) mass is 428 g/mol. The second-order valence-electron chi connectivity index (χ2n) is 8.12. The summed E-state index contributed by atoms with van der Waals surface area (Å²) in [5.41, 5.74) is 9.88. The van der Waals surface area contributed by atoms with Crippen LogP contribution >= 0.6 is 11.3 Å². The number of carbonyl (C=O) groups excluding carboxylic acids is 1. The molecule has 0 bridgehead atoms. The van der Waals surface area contributed by atoms with Gasteiger partial charge in [0.2, 0.25) is 5.91 Å². The molecular weight excluding hydrogens is 407 g/mol. The van der Waals surface area contributed by atoms with E-state index in [9.17, 15) is 4.79 Å². The standard InChI is InChI=1S/C23H21BN4O2S/c1-23(19-9-16(12-31-19)15-8-17(24)11-26-10-15)20(21(29)28(2)22(25)27-23)14-3-4-18-13(7-14)5-6-30-18/h3-4,7-12,20H,5-6H2,1-2H3,(H2,25,27)/t20-,23+/m0/s1. The molecule has 0 unspecified atom stereocenters. The van der Waals surface area contributed by atoms with E-state index in [0.717, 1.165) is 39.3 Å². The van der Waals surface area contributed by atoms with Gasteiger partial charge in [-0.05, 0) is 41.1 Å². The summed E-state index contributed by atoms with van der Waals surface area (Å²) >= 11 is 1.56. The van der Waals surface area contributed by atoms with Crippen molar-refractivity contribution in [2.75, 3.05) is 13.7 Å². The molecule has 154 valence electrons. The van der Waals surface area contributed by atoms with E-state index in [0.29, 0.717) is 12.1 Å². The number of hydrogen-bond donors (Lipinski definition) is 1. The van der Waals surface area contributed by atoms with Gasteiger partial charge in [0, 0.05) is 36.3 Å². The molecule has 2 N–H and O–H groups in total. The Morgan fingerprint density at radius 1 is 1.26 bits per heavy atom. The Hall–Kier alpha value is -3.13. The minimum absolute atomic E-state index is 0.0746. The van der Waals surface area contributed by atoms with E-state index in [2.05, 4.69) is 17.1 Å². The highest BCUT2D eigenvalue weighted by molar-refractivity contribution is 7.10. The van der Waals surface area contributed by atoms with Crippen LogP contribution in [0.3, 0.4) is 0 Å². The zero-order chi connectivity index (χ0) is 21.8. The molecule has 0 aliphatic carbocycles. The topological polar surface area (TPSA) is 80.8 Å². The maximum atomic E-state index is 13.5. The Bertz CT molecular complexity index is 1220. The number of amides is 1. The number of thiophene rings is 1. The molecule has 2 aliphatic rings. The molecule has 5 rings (SSSR count). The number of likely N-dealkylation sites (N-methyl/N-ethyl adjacent to an activating group) is 1. The number of carbonyl (C=O) groups is 1. The molecule has 0 saturated heterocycles. The molecule has 1 aromatic carbocycles. The molecule has 2 atom stereocenters. The van der Waals surface area contributed by atoms with E-state index in [1.165, 1.54) is 4.90 Å². The van der Waals surface area contributed by atoms with Gasteiger partial charge in [0.05, 0.1) is 12.5 Å². The third-order valence-corrected chi connectivity index (χ3v) is 7.22. The lowest BCUT2D eigenvalue weighted by atomic mass is 9.77. The molecule has 8 heteroatoms. The largest absolute Gasteiger partial charge is 0.493 e. The van der Waals surface area contributed by atoms with E-state index in [1.54, 1.807) is 30.8 Å². The number of aliphatic imine (C=N–C) groups is 1. The highest BCUT2D eigenvalue weighted by atomic mass is 32.1. The van der Waals surface area contributed by atoms with Gasteiger partial charge in [-0.25, -0.2) is 4.99 Å². The van der Waals surface area contributed by atoms with Crippen molar-refractivity contribution in [1.82, 2.24) is 9.88 Å². The van der Waals surface area contributed by atoms with Gasteiger partial charge >= 0.3 is 0 Å². The third-order valence-electron chi connectivity index (χ3n) is 6.07. The lowest BCUT2D eigenvalue weighted by Gasteiger charge is -2.40. The minimum Gasteiger partial charge on any atom is -0.493 e. The van der Waals surface area contributed by atoms with Gasteiger partial charge in [0.25, 0.3) is 0 Å². The summed E-state index contributed by atoms with van der Waals surface area (Å²) in [5.74, 6) is 0.530. The SMILES string of the molecule is [B]c1cncc(-c2csc([C@@]3(C)N=C(N)N(C)C(=O)[C@@H]3c3ccc4c(c3)CCO4)c2)c1. The lowest BCUT2D eigenvalue weighted by molar-refractivity contribution is -0.130. The van der Waals surface area contributed by atoms with Gasteiger partial charge < -0.3 is 10.5 Å². The Balaban J connectivity index is 1.63. The van der Waals surface area contributed by atoms with Crippen LogP contribution in [0.4, 0.5) is 0 Å². The van der Waals surface area contributed by atoms with E-state index >= 15 is 0 Å². The van der Waals surface area contributed by atoms with Crippen LogP contribution in [0.25, 0.3) is 11.1 Å². The molecule has 2 radical (unpaired) electrons. The van der Waals surface area contributed by atoms with Crippen molar-refractivity contribution in [3.63, 3.8) is 0 Å². The van der Waals surface area contributed by atoms with Gasteiger partial charge in [-0.3, -0.25) is 14.7 Å². The number of hydrogen-bond acceptors (Lipinski definition) is 6. The Kier molecular flexibility index (Phi) is 4.62. The van der Waals surface area contributed by atoms with Crippen LogP contribution in [0.2, 0.25) is 0 Å². The molecule has 6 nitrogen and oxygen atoms in total. The van der Waals surface area contributed by atoms with Crippen molar-refractivity contribution in [3.05, 3.63) is 64.1 Å². The molecule has 0 saturated carbocycles. The Labute approximate surface area is 186 Å². The van der Waals surface area contributed by atoms with Crippen LogP contribution in [-0.2, 0) is 16.8 Å². The quantitative estimate of drug-likeness (QED) is 0.650. The summed E-state index contributed by atoms with van der Waals surface area (Å²) in [6, 6.07) is 9.93. The number of ether oxygens (including phenoxy) is 1. The van der Waals surface area contributed by atoms with E-state index in [-0.39, 0.29) is 11.9 Å².